The molecule has 1 aliphatic heterocycles. The molecule has 1 amide bonds. The summed E-state index contributed by atoms with van der Waals surface area (Å²) >= 11 is 0. The standard InChI is InChI=1S/C17H22N4O.2ClH/c18-16(17(22)21-8-4-5-9-21)10-15-12-20(13-19-15)11-14-6-2-1-3-7-14;;/h1-3,6-7,12-13,16H,4-5,8-11,18H2;2*1H/t16-;;/m0../s1. The smallest absolute Gasteiger partial charge is 0.239 e. The number of halogens is 2. The zero-order valence-corrected chi connectivity index (χ0v) is 15.1. The van der Waals surface area contributed by atoms with Crippen molar-refractivity contribution in [3.8, 4) is 0 Å². The van der Waals surface area contributed by atoms with Crippen LogP contribution in [0.3, 0.4) is 0 Å². The molecule has 1 aromatic carbocycles. The fourth-order valence-corrected chi connectivity index (χ4v) is 2.88. The Morgan fingerprint density at radius 3 is 2.50 bits per heavy atom. The van der Waals surface area contributed by atoms with Gasteiger partial charge in [0.2, 0.25) is 5.91 Å². The van der Waals surface area contributed by atoms with Gasteiger partial charge in [0.15, 0.2) is 0 Å². The van der Waals surface area contributed by atoms with E-state index in [1.54, 1.807) is 6.33 Å². The lowest BCUT2D eigenvalue weighted by Gasteiger charge is -2.19. The van der Waals surface area contributed by atoms with Crippen molar-refractivity contribution in [3.63, 3.8) is 0 Å². The fraction of sp³-hybridized carbons (Fsp3) is 0.412. The van der Waals surface area contributed by atoms with Crippen molar-refractivity contribution in [1.82, 2.24) is 14.5 Å². The van der Waals surface area contributed by atoms with E-state index in [9.17, 15) is 4.79 Å². The zero-order chi connectivity index (χ0) is 15.4. The molecule has 2 aromatic rings. The normalized spacial score (nSPS) is 14.6. The van der Waals surface area contributed by atoms with Gasteiger partial charge in [0.1, 0.15) is 0 Å². The highest BCUT2D eigenvalue weighted by Crippen LogP contribution is 2.11. The van der Waals surface area contributed by atoms with E-state index in [-0.39, 0.29) is 30.7 Å². The first-order chi connectivity index (χ1) is 10.7. The van der Waals surface area contributed by atoms with Gasteiger partial charge in [-0.15, -0.1) is 24.8 Å². The van der Waals surface area contributed by atoms with E-state index in [4.69, 9.17) is 5.73 Å². The molecule has 1 fully saturated rings. The van der Waals surface area contributed by atoms with E-state index in [0.29, 0.717) is 6.42 Å². The molecule has 132 valence electrons. The summed E-state index contributed by atoms with van der Waals surface area (Å²) < 4.78 is 2.03. The van der Waals surface area contributed by atoms with Crippen LogP contribution in [-0.2, 0) is 17.8 Å². The highest BCUT2D eigenvalue weighted by molar-refractivity contribution is 5.85. The third-order valence-electron chi connectivity index (χ3n) is 4.06. The van der Waals surface area contributed by atoms with E-state index < -0.39 is 6.04 Å². The molecule has 3 rings (SSSR count). The molecule has 2 heterocycles. The van der Waals surface area contributed by atoms with Crippen molar-refractivity contribution in [1.29, 1.82) is 0 Å². The average Bonchev–Trinajstić information content (AvgIpc) is 3.19. The molecule has 7 heteroatoms. The summed E-state index contributed by atoms with van der Waals surface area (Å²) in [6.45, 7) is 2.47. The van der Waals surface area contributed by atoms with Crippen molar-refractivity contribution in [2.24, 2.45) is 5.73 Å². The molecule has 0 unspecified atom stereocenters. The van der Waals surface area contributed by atoms with Crippen LogP contribution in [0.2, 0.25) is 0 Å². The third-order valence-corrected chi connectivity index (χ3v) is 4.06. The second-order valence-electron chi connectivity index (χ2n) is 5.87. The molecule has 0 radical (unpaired) electrons. The minimum atomic E-state index is -0.488. The number of imidazole rings is 1. The van der Waals surface area contributed by atoms with Gasteiger partial charge in [-0.3, -0.25) is 4.79 Å². The van der Waals surface area contributed by atoms with Gasteiger partial charge in [-0.05, 0) is 18.4 Å². The molecule has 2 N–H and O–H groups in total. The number of nitrogens with two attached hydrogens (primary N) is 1. The molecular weight excluding hydrogens is 347 g/mol. The Morgan fingerprint density at radius 2 is 1.83 bits per heavy atom. The number of hydrogen-bond acceptors (Lipinski definition) is 3. The van der Waals surface area contributed by atoms with Crippen molar-refractivity contribution in [2.45, 2.75) is 31.8 Å². The molecule has 5 nitrogen and oxygen atoms in total. The van der Waals surface area contributed by atoms with Crippen molar-refractivity contribution >= 4 is 30.7 Å². The predicted molar refractivity (Wildman–Crippen MR) is 99.8 cm³/mol. The Kier molecular flexibility index (Phi) is 8.25. The van der Waals surface area contributed by atoms with Crippen molar-refractivity contribution < 1.29 is 4.79 Å². The Hall–Kier alpha value is -1.56. The van der Waals surface area contributed by atoms with Gasteiger partial charge in [0, 0.05) is 32.3 Å². The highest BCUT2D eigenvalue weighted by atomic mass is 35.5. The lowest BCUT2D eigenvalue weighted by Crippen LogP contribution is -2.43. The first-order valence-corrected chi connectivity index (χ1v) is 7.81. The number of rotatable bonds is 5. The maximum Gasteiger partial charge on any atom is 0.239 e. The third kappa shape index (κ3) is 5.23. The maximum atomic E-state index is 12.2. The minimum absolute atomic E-state index is 0. The summed E-state index contributed by atoms with van der Waals surface area (Å²) in [6.07, 6.45) is 6.45. The average molecular weight is 371 g/mol. The lowest BCUT2D eigenvalue weighted by atomic mass is 10.1. The van der Waals surface area contributed by atoms with E-state index in [1.807, 2.05) is 33.9 Å². The van der Waals surface area contributed by atoms with Crippen LogP contribution in [0.1, 0.15) is 24.1 Å². The van der Waals surface area contributed by atoms with Gasteiger partial charge >= 0.3 is 0 Å². The summed E-state index contributed by atoms with van der Waals surface area (Å²) in [5.41, 5.74) is 8.15. The summed E-state index contributed by atoms with van der Waals surface area (Å²) in [7, 11) is 0. The summed E-state index contributed by atoms with van der Waals surface area (Å²) in [4.78, 5) is 18.5. The summed E-state index contributed by atoms with van der Waals surface area (Å²) in [5, 5.41) is 0. The number of hydrogen-bond donors (Lipinski definition) is 1. The molecule has 1 aliphatic rings. The van der Waals surface area contributed by atoms with E-state index >= 15 is 0 Å². The van der Waals surface area contributed by atoms with E-state index in [0.717, 1.165) is 38.2 Å². The van der Waals surface area contributed by atoms with Gasteiger partial charge in [-0.25, -0.2) is 4.98 Å². The van der Waals surface area contributed by atoms with E-state index in [1.165, 1.54) is 5.56 Å². The van der Waals surface area contributed by atoms with E-state index in [2.05, 4.69) is 17.1 Å². The number of carbonyl (C=O) groups excluding carboxylic acids is 1. The van der Waals surface area contributed by atoms with Gasteiger partial charge < -0.3 is 15.2 Å². The fourth-order valence-electron chi connectivity index (χ4n) is 2.88. The molecule has 24 heavy (non-hydrogen) atoms. The second kappa shape index (κ2) is 9.67. The highest BCUT2D eigenvalue weighted by Gasteiger charge is 2.24. The van der Waals surface area contributed by atoms with Gasteiger partial charge in [0.05, 0.1) is 18.1 Å². The van der Waals surface area contributed by atoms with Crippen LogP contribution < -0.4 is 5.73 Å². The van der Waals surface area contributed by atoms with Crippen molar-refractivity contribution in [2.75, 3.05) is 13.1 Å². The van der Waals surface area contributed by atoms with Crippen LogP contribution in [0.15, 0.2) is 42.9 Å². The van der Waals surface area contributed by atoms with Gasteiger partial charge in [0.25, 0.3) is 0 Å². The molecular formula is C17H24Cl2N4O. The van der Waals surface area contributed by atoms with Crippen LogP contribution in [0.4, 0.5) is 0 Å². The topological polar surface area (TPSA) is 64.2 Å². The second-order valence-corrected chi connectivity index (χ2v) is 5.87. The van der Waals surface area contributed by atoms with Crippen LogP contribution in [0.25, 0.3) is 0 Å². The number of carbonyl (C=O) groups is 1. The molecule has 1 saturated heterocycles. The Balaban J connectivity index is 0.00000144. The van der Waals surface area contributed by atoms with Crippen LogP contribution in [0.5, 0.6) is 0 Å². The Bertz CT molecular complexity index is 627. The predicted octanol–water partition coefficient (Wildman–Crippen LogP) is 2.27. The Labute approximate surface area is 155 Å². The summed E-state index contributed by atoms with van der Waals surface area (Å²) in [6, 6.07) is 9.74. The largest absolute Gasteiger partial charge is 0.341 e. The SMILES string of the molecule is Cl.Cl.N[C@@H](Cc1cn(Cc2ccccc2)cn1)C(=O)N1CCCC1. The quantitative estimate of drug-likeness (QED) is 0.877. The van der Waals surface area contributed by atoms with Crippen molar-refractivity contribution in [3.05, 3.63) is 54.1 Å². The number of benzene rings is 1. The summed E-state index contributed by atoms with van der Waals surface area (Å²) in [5.74, 6) is 0.0510. The van der Waals surface area contributed by atoms with Crippen LogP contribution >= 0.6 is 24.8 Å². The van der Waals surface area contributed by atoms with Gasteiger partial charge in [-0.1, -0.05) is 30.3 Å². The van der Waals surface area contributed by atoms with Gasteiger partial charge in [-0.2, -0.15) is 0 Å². The number of aromatic nitrogens is 2. The molecule has 0 saturated carbocycles. The van der Waals surface area contributed by atoms with Crippen LogP contribution in [-0.4, -0.2) is 39.5 Å². The molecule has 0 aliphatic carbocycles. The monoisotopic (exact) mass is 370 g/mol. The maximum absolute atomic E-state index is 12.2. The molecule has 0 spiro atoms. The minimum Gasteiger partial charge on any atom is -0.341 e. The molecule has 1 atom stereocenters. The molecule has 1 aromatic heterocycles. The number of likely N-dealkylation sites (tertiary alicyclic amines) is 1. The lowest BCUT2D eigenvalue weighted by molar-refractivity contribution is -0.131. The van der Waals surface area contributed by atoms with Crippen LogP contribution in [0, 0.1) is 0 Å². The zero-order valence-electron chi connectivity index (χ0n) is 13.5. The Morgan fingerprint density at radius 1 is 1.17 bits per heavy atom. The molecule has 0 bridgehead atoms. The number of amides is 1. The first kappa shape index (κ1) is 20.5. The number of nitrogens with zero attached hydrogens (tertiary/aromatic N) is 3. The first-order valence-electron chi connectivity index (χ1n) is 7.81.